The van der Waals surface area contributed by atoms with E-state index < -0.39 is 0 Å². The maximum Gasteiger partial charge on any atom is 0.107 e. The standard InChI is InChI=1S/C16H30N2OS/c1-4-5-6-7-8-9-19-12-15-13-20-16(18-15)11-17-10-14(2)3/h13-14,17H,4-12H2,1-3H3. The Balaban J connectivity index is 2.05. The molecule has 4 heteroatoms. The molecule has 116 valence electrons. The number of rotatable bonds is 12. The molecule has 0 aliphatic heterocycles. The SMILES string of the molecule is CCCCCCCOCc1csc(CNCC(C)C)n1. The van der Waals surface area contributed by atoms with Gasteiger partial charge >= 0.3 is 0 Å². The number of hydrogen-bond donors (Lipinski definition) is 1. The maximum absolute atomic E-state index is 5.68. The Morgan fingerprint density at radius 1 is 1.25 bits per heavy atom. The van der Waals surface area contributed by atoms with Crippen molar-refractivity contribution in [2.24, 2.45) is 5.92 Å². The van der Waals surface area contributed by atoms with Crippen molar-refractivity contribution in [3.05, 3.63) is 16.1 Å². The van der Waals surface area contributed by atoms with E-state index in [0.717, 1.165) is 30.4 Å². The Kier molecular flexibility index (Phi) is 9.89. The molecule has 0 aromatic carbocycles. The third-order valence-electron chi connectivity index (χ3n) is 3.07. The number of nitrogens with one attached hydrogen (secondary N) is 1. The summed E-state index contributed by atoms with van der Waals surface area (Å²) in [5, 5.41) is 6.69. The minimum absolute atomic E-state index is 0.661. The molecule has 0 bridgehead atoms. The summed E-state index contributed by atoms with van der Waals surface area (Å²) in [6.45, 7) is 10.1. The summed E-state index contributed by atoms with van der Waals surface area (Å²) in [5.41, 5.74) is 1.07. The van der Waals surface area contributed by atoms with Crippen LogP contribution in [-0.4, -0.2) is 18.1 Å². The predicted octanol–water partition coefficient (Wildman–Crippen LogP) is 4.38. The van der Waals surface area contributed by atoms with Crippen molar-refractivity contribution in [3.63, 3.8) is 0 Å². The predicted molar refractivity (Wildman–Crippen MR) is 87.1 cm³/mol. The van der Waals surface area contributed by atoms with Gasteiger partial charge in [0.15, 0.2) is 0 Å². The molecule has 0 unspecified atom stereocenters. The van der Waals surface area contributed by atoms with Crippen LogP contribution in [0.4, 0.5) is 0 Å². The number of thiazole rings is 1. The first kappa shape index (κ1) is 17.6. The van der Waals surface area contributed by atoms with Gasteiger partial charge in [0.05, 0.1) is 12.3 Å². The van der Waals surface area contributed by atoms with E-state index in [1.807, 2.05) is 0 Å². The van der Waals surface area contributed by atoms with E-state index in [1.165, 1.54) is 32.1 Å². The minimum atomic E-state index is 0.661. The normalized spacial score (nSPS) is 11.4. The third kappa shape index (κ3) is 8.67. The summed E-state index contributed by atoms with van der Waals surface area (Å²) in [6, 6.07) is 0. The van der Waals surface area contributed by atoms with Crippen LogP contribution in [0.1, 0.15) is 63.6 Å². The zero-order chi connectivity index (χ0) is 14.6. The van der Waals surface area contributed by atoms with E-state index in [0.29, 0.717) is 12.5 Å². The van der Waals surface area contributed by atoms with Crippen molar-refractivity contribution in [1.29, 1.82) is 0 Å². The molecular formula is C16H30N2OS. The molecule has 1 rings (SSSR count). The average molecular weight is 298 g/mol. The van der Waals surface area contributed by atoms with Crippen molar-refractivity contribution < 1.29 is 4.74 Å². The summed E-state index contributed by atoms with van der Waals surface area (Å²) in [7, 11) is 0. The quantitative estimate of drug-likeness (QED) is 0.582. The summed E-state index contributed by atoms with van der Waals surface area (Å²) in [6.07, 6.45) is 6.44. The van der Waals surface area contributed by atoms with Gasteiger partial charge in [-0.1, -0.05) is 46.5 Å². The van der Waals surface area contributed by atoms with Crippen molar-refractivity contribution in [2.45, 2.75) is 66.0 Å². The van der Waals surface area contributed by atoms with Gasteiger partial charge in [-0.2, -0.15) is 0 Å². The molecule has 0 saturated heterocycles. The Labute approximate surface area is 128 Å². The minimum Gasteiger partial charge on any atom is -0.375 e. The fourth-order valence-electron chi connectivity index (χ4n) is 1.95. The van der Waals surface area contributed by atoms with Crippen LogP contribution < -0.4 is 5.32 Å². The van der Waals surface area contributed by atoms with Crippen LogP contribution in [0.3, 0.4) is 0 Å². The van der Waals surface area contributed by atoms with Crippen LogP contribution in [0.15, 0.2) is 5.38 Å². The lowest BCUT2D eigenvalue weighted by molar-refractivity contribution is 0.114. The number of aromatic nitrogens is 1. The van der Waals surface area contributed by atoms with E-state index in [-0.39, 0.29) is 0 Å². The Morgan fingerprint density at radius 2 is 2.05 bits per heavy atom. The first-order valence-corrected chi connectivity index (χ1v) is 8.82. The lowest BCUT2D eigenvalue weighted by Gasteiger charge is -2.04. The van der Waals surface area contributed by atoms with Gasteiger partial charge in [0.2, 0.25) is 0 Å². The molecule has 0 atom stereocenters. The molecule has 0 spiro atoms. The number of nitrogens with zero attached hydrogens (tertiary/aromatic N) is 1. The lowest BCUT2D eigenvalue weighted by atomic mass is 10.2. The molecule has 0 radical (unpaired) electrons. The second-order valence-electron chi connectivity index (χ2n) is 5.72. The monoisotopic (exact) mass is 298 g/mol. The molecule has 0 aliphatic carbocycles. The van der Waals surface area contributed by atoms with Crippen molar-refractivity contribution in [1.82, 2.24) is 10.3 Å². The van der Waals surface area contributed by atoms with Gasteiger partial charge in [-0.05, 0) is 18.9 Å². The van der Waals surface area contributed by atoms with Crippen LogP contribution in [-0.2, 0) is 17.9 Å². The van der Waals surface area contributed by atoms with Gasteiger partial charge < -0.3 is 10.1 Å². The van der Waals surface area contributed by atoms with E-state index in [9.17, 15) is 0 Å². The average Bonchev–Trinajstić information content (AvgIpc) is 2.85. The third-order valence-corrected chi connectivity index (χ3v) is 3.97. The summed E-state index contributed by atoms with van der Waals surface area (Å²) in [4.78, 5) is 4.59. The van der Waals surface area contributed by atoms with Crippen LogP contribution in [0.2, 0.25) is 0 Å². The molecule has 1 N–H and O–H groups in total. The molecule has 0 saturated carbocycles. The van der Waals surface area contributed by atoms with Crippen LogP contribution in [0, 0.1) is 5.92 Å². The van der Waals surface area contributed by atoms with Gasteiger partial charge in [-0.15, -0.1) is 11.3 Å². The van der Waals surface area contributed by atoms with Gasteiger partial charge in [0.25, 0.3) is 0 Å². The van der Waals surface area contributed by atoms with E-state index >= 15 is 0 Å². The summed E-state index contributed by atoms with van der Waals surface area (Å²) in [5.74, 6) is 0.686. The van der Waals surface area contributed by atoms with Crippen LogP contribution in [0.25, 0.3) is 0 Å². The molecule has 1 aromatic rings. The summed E-state index contributed by atoms with van der Waals surface area (Å²) >= 11 is 1.72. The topological polar surface area (TPSA) is 34.1 Å². The van der Waals surface area contributed by atoms with Crippen molar-refractivity contribution >= 4 is 11.3 Å². The molecule has 0 fully saturated rings. The Morgan fingerprint density at radius 3 is 2.80 bits per heavy atom. The highest BCUT2D eigenvalue weighted by atomic mass is 32.1. The van der Waals surface area contributed by atoms with E-state index in [2.05, 4.69) is 36.5 Å². The number of ether oxygens (including phenoxy) is 1. The Hall–Kier alpha value is -0.450. The zero-order valence-corrected chi connectivity index (χ0v) is 14.1. The highest BCUT2D eigenvalue weighted by molar-refractivity contribution is 7.09. The molecule has 1 heterocycles. The van der Waals surface area contributed by atoms with Gasteiger partial charge in [-0.25, -0.2) is 4.98 Å². The van der Waals surface area contributed by atoms with Crippen molar-refractivity contribution in [2.75, 3.05) is 13.2 Å². The fraction of sp³-hybridized carbons (Fsp3) is 0.812. The Bertz CT molecular complexity index is 339. The summed E-state index contributed by atoms with van der Waals surface area (Å²) < 4.78 is 5.68. The van der Waals surface area contributed by atoms with Gasteiger partial charge in [0, 0.05) is 18.5 Å². The molecule has 0 amide bonds. The smallest absolute Gasteiger partial charge is 0.107 e. The van der Waals surface area contributed by atoms with Gasteiger partial charge in [-0.3, -0.25) is 0 Å². The highest BCUT2D eigenvalue weighted by Gasteiger charge is 2.02. The maximum atomic E-state index is 5.68. The lowest BCUT2D eigenvalue weighted by Crippen LogP contribution is -2.18. The first-order valence-electron chi connectivity index (χ1n) is 7.94. The molecule has 20 heavy (non-hydrogen) atoms. The molecular weight excluding hydrogens is 268 g/mol. The van der Waals surface area contributed by atoms with E-state index in [1.54, 1.807) is 11.3 Å². The fourth-order valence-corrected chi connectivity index (χ4v) is 2.70. The highest BCUT2D eigenvalue weighted by Crippen LogP contribution is 2.11. The molecule has 3 nitrogen and oxygen atoms in total. The van der Waals surface area contributed by atoms with Crippen LogP contribution >= 0.6 is 11.3 Å². The van der Waals surface area contributed by atoms with Crippen molar-refractivity contribution in [3.8, 4) is 0 Å². The zero-order valence-electron chi connectivity index (χ0n) is 13.3. The second kappa shape index (κ2) is 11.2. The molecule has 1 aromatic heterocycles. The van der Waals surface area contributed by atoms with Crippen LogP contribution in [0.5, 0.6) is 0 Å². The molecule has 0 aliphatic rings. The number of unbranched alkanes of at least 4 members (excludes halogenated alkanes) is 4. The number of hydrogen-bond acceptors (Lipinski definition) is 4. The largest absolute Gasteiger partial charge is 0.375 e. The second-order valence-corrected chi connectivity index (χ2v) is 6.67. The first-order chi connectivity index (χ1) is 9.72. The van der Waals surface area contributed by atoms with Gasteiger partial charge in [0.1, 0.15) is 5.01 Å². The van der Waals surface area contributed by atoms with E-state index in [4.69, 9.17) is 4.74 Å².